The molecule has 0 radical (unpaired) electrons. The molecule has 0 aliphatic rings. The number of pyridine rings is 1. The van der Waals surface area contributed by atoms with Gasteiger partial charge in [-0.15, -0.1) is 10.2 Å². The number of halogens is 1. The molecule has 10 heteroatoms. The van der Waals surface area contributed by atoms with Crippen LogP contribution in [0.4, 0.5) is 9.93 Å². The number of urea groups is 1. The summed E-state index contributed by atoms with van der Waals surface area (Å²) in [6.45, 7) is 0.296. The number of carbonyl (C=O) groups is 1. The lowest BCUT2D eigenvalue weighted by Crippen LogP contribution is -2.27. The second-order valence-corrected chi connectivity index (χ2v) is 8.04. The fourth-order valence-corrected chi connectivity index (χ4v) is 4.29. The van der Waals surface area contributed by atoms with Crippen molar-refractivity contribution in [1.29, 1.82) is 0 Å². The van der Waals surface area contributed by atoms with E-state index in [1.807, 2.05) is 24.3 Å². The molecule has 0 bridgehead atoms. The Labute approximate surface area is 167 Å². The number of fused-ring (bicyclic) bond motifs is 1. The van der Waals surface area contributed by atoms with Crippen molar-refractivity contribution in [3.63, 3.8) is 0 Å². The first kappa shape index (κ1) is 17.8. The molecule has 3 aromatic heterocycles. The van der Waals surface area contributed by atoms with Gasteiger partial charge in [0.25, 0.3) is 0 Å². The Hall–Kier alpha value is -2.62. The highest BCUT2D eigenvalue weighted by molar-refractivity contribution is 8.01. The third-order valence-electron chi connectivity index (χ3n) is 3.49. The molecule has 0 spiro atoms. The molecule has 2 amide bonds. The highest BCUT2D eigenvalue weighted by Crippen LogP contribution is 2.36. The molecule has 136 valence electrons. The third kappa shape index (κ3) is 4.38. The maximum Gasteiger partial charge on any atom is 0.321 e. The van der Waals surface area contributed by atoms with E-state index >= 15 is 0 Å². The van der Waals surface area contributed by atoms with Crippen LogP contribution in [-0.4, -0.2) is 21.2 Å². The van der Waals surface area contributed by atoms with Gasteiger partial charge in [-0.3, -0.25) is 10.3 Å². The van der Waals surface area contributed by atoms with Crippen LogP contribution in [0, 0.1) is 0 Å². The molecule has 1 aromatic carbocycles. The van der Waals surface area contributed by atoms with Gasteiger partial charge >= 0.3 is 6.03 Å². The number of furan rings is 1. The number of carbonyl (C=O) groups excluding carboxylic acids is 1. The molecular weight excluding hydrogens is 406 g/mol. The number of benzene rings is 1. The minimum atomic E-state index is -0.372. The lowest BCUT2D eigenvalue weighted by molar-refractivity contribution is 0.251. The van der Waals surface area contributed by atoms with E-state index in [-0.39, 0.29) is 6.03 Å². The molecule has 27 heavy (non-hydrogen) atoms. The van der Waals surface area contributed by atoms with Crippen LogP contribution in [0.5, 0.6) is 0 Å². The van der Waals surface area contributed by atoms with Crippen LogP contribution in [0.25, 0.3) is 10.9 Å². The van der Waals surface area contributed by atoms with E-state index in [2.05, 4.69) is 25.8 Å². The zero-order chi connectivity index (χ0) is 18.6. The van der Waals surface area contributed by atoms with Gasteiger partial charge in [0.1, 0.15) is 5.76 Å². The van der Waals surface area contributed by atoms with Gasteiger partial charge in [0.05, 0.1) is 18.3 Å². The molecule has 2 N–H and O–H groups in total. The first-order chi connectivity index (χ1) is 13.2. The van der Waals surface area contributed by atoms with Crippen molar-refractivity contribution in [2.24, 2.45) is 0 Å². The largest absolute Gasteiger partial charge is 0.467 e. The van der Waals surface area contributed by atoms with E-state index in [1.165, 1.54) is 23.1 Å². The highest BCUT2D eigenvalue weighted by Gasteiger charge is 2.11. The van der Waals surface area contributed by atoms with Crippen molar-refractivity contribution in [3.8, 4) is 0 Å². The van der Waals surface area contributed by atoms with Crippen LogP contribution in [0.1, 0.15) is 5.76 Å². The zero-order valence-electron chi connectivity index (χ0n) is 13.7. The average Bonchev–Trinajstić information content (AvgIpc) is 3.32. The number of amides is 2. The van der Waals surface area contributed by atoms with E-state index < -0.39 is 0 Å². The summed E-state index contributed by atoms with van der Waals surface area (Å²) in [5.74, 6) is 0.670. The van der Waals surface area contributed by atoms with Crippen LogP contribution >= 0.6 is 34.7 Å². The molecule has 7 nitrogen and oxygen atoms in total. The van der Waals surface area contributed by atoms with Crippen molar-refractivity contribution < 1.29 is 9.21 Å². The number of anilines is 1. The summed E-state index contributed by atoms with van der Waals surface area (Å²) in [4.78, 5) is 17.2. The van der Waals surface area contributed by atoms with E-state index in [0.29, 0.717) is 26.8 Å². The molecule has 0 saturated carbocycles. The number of hydrogen-bond donors (Lipinski definition) is 2. The maximum absolute atomic E-state index is 11.9. The Morgan fingerprint density at radius 3 is 3.04 bits per heavy atom. The van der Waals surface area contributed by atoms with Gasteiger partial charge in [0.15, 0.2) is 4.34 Å². The lowest BCUT2D eigenvalue weighted by Gasteiger charge is -2.03. The van der Waals surface area contributed by atoms with Gasteiger partial charge in [-0.25, -0.2) is 4.79 Å². The number of hydrogen-bond acceptors (Lipinski definition) is 7. The molecule has 0 saturated heterocycles. The topological polar surface area (TPSA) is 92.9 Å². The number of aromatic nitrogens is 3. The summed E-state index contributed by atoms with van der Waals surface area (Å²) < 4.78 is 5.87. The second-order valence-electron chi connectivity index (χ2n) is 5.33. The van der Waals surface area contributed by atoms with Gasteiger partial charge in [0.2, 0.25) is 5.13 Å². The Kier molecular flexibility index (Phi) is 5.23. The average molecular weight is 418 g/mol. The molecule has 3 heterocycles. The van der Waals surface area contributed by atoms with Gasteiger partial charge in [-0.1, -0.05) is 40.8 Å². The molecule has 4 aromatic rings. The van der Waals surface area contributed by atoms with Crippen LogP contribution in [0.15, 0.2) is 62.5 Å². The summed E-state index contributed by atoms with van der Waals surface area (Å²) in [7, 11) is 0. The molecule has 0 aliphatic carbocycles. The summed E-state index contributed by atoms with van der Waals surface area (Å²) in [5, 5.41) is 15.5. The lowest BCUT2D eigenvalue weighted by atomic mass is 10.2. The summed E-state index contributed by atoms with van der Waals surface area (Å²) in [5.41, 5.74) is 0.813. The van der Waals surface area contributed by atoms with E-state index in [9.17, 15) is 4.79 Å². The Bertz CT molecular complexity index is 1080. The van der Waals surface area contributed by atoms with E-state index in [1.54, 1.807) is 24.6 Å². The van der Waals surface area contributed by atoms with Crippen LogP contribution in [0.2, 0.25) is 5.02 Å². The molecule has 0 fully saturated rings. The van der Waals surface area contributed by atoms with Gasteiger partial charge in [-0.05, 0) is 30.3 Å². The highest BCUT2D eigenvalue weighted by atomic mass is 35.5. The van der Waals surface area contributed by atoms with Crippen molar-refractivity contribution in [1.82, 2.24) is 20.5 Å². The molecular formula is C17H12ClN5O2S2. The zero-order valence-corrected chi connectivity index (χ0v) is 16.1. The first-order valence-electron chi connectivity index (χ1n) is 7.80. The minimum Gasteiger partial charge on any atom is -0.467 e. The van der Waals surface area contributed by atoms with Crippen molar-refractivity contribution in [3.05, 3.63) is 59.6 Å². The number of nitrogens with one attached hydrogen (secondary N) is 2. The quantitative estimate of drug-likeness (QED) is 0.453. The first-order valence-corrected chi connectivity index (χ1v) is 9.81. The van der Waals surface area contributed by atoms with Gasteiger partial charge in [-0.2, -0.15) is 0 Å². The third-order valence-corrected chi connectivity index (χ3v) is 5.69. The molecule has 4 rings (SSSR count). The van der Waals surface area contributed by atoms with Crippen LogP contribution < -0.4 is 10.6 Å². The molecule has 0 atom stereocenters. The number of nitrogens with zero attached hydrogens (tertiary/aromatic N) is 3. The Balaban J connectivity index is 1.42. The fourth-order valence-electron chi connectivity index (χ4n) is 2.30. The monoisotopic (exact) mass is 417 g/mol. The standard InChI is InChI=1S/C17H12ClN5O2S2/c18-10-3-4-12-13(8-10)19-6-5-14(12)26-17-23-22-16(27-17)21-15(24)20-9-11-2-1-7-25-11/h1-8H,9H2,(H2,20,21,22,24). The van der Waals surface area contributed by atoms with Crippen molar-refractivity contribution in [2.75, 3.05) is 5.32 Å². The van der Waals surface area contributed by atoms with Crippen molar-refractivity contribution in [2.45, 2.75) is 15.8 Å². The van der Waals surface area contributed by atoms with E-state index in [0.717, 1.165) is 15.8 Å². The molecule has 0 unspecified atom stereocenters. The SMILES string of the molecule is O=C(NCc1ccco1)Nc1nnc(Sc2ccnc3cc(Cl)ccc23)s1. The predicted octanol–water partition coefficient (Wildman–Crippen LogP) is 4.81. The number of rotatable bonds is 5. The maximum atomic E-state index is 11.9. The Morgan fingerprint density at radius 2 is 2.19 bits per heavy atom. The molecule has 0 aliphatic heterocycles. The fraction of sp³-hybridized carbons (Fsp3) is 0.0588. The second kappa shape index (κ2) is 7.95. The summed E-state index contributed by atoms with van der Waals surface area (Å²) >= 11 is 8.77. The Morgan fingerprint density at radius 1 is 1.26 bits per heavy atom. The predicted molar refractivity (Wildman–Crippen MR) is 105 cm³/mol. The van der Waals surface area contributed by atoms with Crippen LogP contribution in [0.3, 0.4) is 0 Å². The van der Waals surface area contributed by atoms with Crippen molar-refractivity contribution >= 4 is 56.8 Å². The summed E-state index contributed by atoms with van der Waals surface area (Å²) in [6.07, 6.45) is 3.28. The van der Waals surface area contributed by atoms with Crippen LogP contribution in [-0.2, 0) is 6.54 Å². The summed E-state index contributed by atoms with van der Waals surface area (Å²) in [6, 6.07) is 10.7. The van der Waals surface area contributed by atoms with Gasteiger partial charge < -0.3 is 9.73 Å². The normalized spacial score (nSPS) is 10.9. The minimum absolute atomic E-state index is 0.296. The van der Waals surface area contributed by atoms with Gasteiger partial charge in [0, 0.05) is 21.5 Å². The van der Waals surface area contributed by atoms with E-state index in [4.69, 9.17) is 16.0 Å². The smallest absolute Gasteiger partial charge is 0.321 e.